The maximum Gasteiger partial charge on any atom is 0.289 e. The van der Waals surface area contributed by atoms with Crippen LogP contribution < -0.4 is 10.6 Å². The Morgan fingerprint density at radius 2 is 2.00 bits per heavy atom. The van der Waals surface area contributed by atoms with Gasteiger partial charge in [0.1, 0.15) is 5.66 Å². The predicted molar refractivity (Wildman–Crippen MR) is 102 cm³/mol. The highest BCUT2D eigenvalue weighted by atomic mass is 35.5. The summed E-state index contributed by atoms with van der Waals surface area (Å²) < 4.78 is 11.4. The van der Waals surface area contributed by atoms with E-state index in [1.54, 1.807) is 29.2 Å². The minimum absolute atomic E-state index is 0.0949. The van der Waals surface area contributed by atoms with Crippen molar-refractivity contribution in [2.45, 2.75) is 30.5 Å². The first-order chi connectivity index (χ1) is 13.5. The van der Waals surface area contributed by atoms with Crippen LogP contribution in [-0.2, 0) is 4.74 Å². The number of piperidine rings is 1. The van der Waals surface area contributed by atoms with Crippen LogP contribution in [0.25, 0.3) is 0 Å². The molecule has 0 bridgehead atoms. The molecule has 0 radical (unpaired) electrons. The van der Waals surface area contributed by atoms with E-state index in [1.165, 1.54) is 6.26 Å². The highest BCUT2D eigenvalue weighted by Crippen LogP contribution is 2.43. The van der Waals surface area contributed by atoms with E-state index in [2.05, 4.69) is 10.6 Å². The van der Waals surface area contributed by atoms with Gasteiger partial charge in [-0.3, -0.25) is 9.59 Å². The Bertz CT molecular complexity index is 937. The average molecular weight is 402 g/mol. The number of carbonyl (C=O) groups excluding carboxylic acids is 2. The number of anilines is 1. The van der Waals surface area contributed by atoms with Crippen molar-refractivity contribution >= 4 is 29.1 Å². The molecule has 5 rings (SSSR count). The summed E-state index contributed by atoms with van der Waals surface area (Å²) >= 11 is 6.01. The van der Waals surface area contributed by atoms with E-state index >= 15 is 0 Å². The lowest BCUT2D eigenvalue weighted by Gasteiger charge is -2.40. The summed E-state index contributed by atoms with van der Waals surface area (Å²) in [4.78, 5) is 26.9. The van der Waals surface area contributed by atoms with Gasteiger partial charge in [0.05, 0.1) is 24.0 Å². The van der Waals surface area contributed by atoms with Crippen molar-refractivity contribution in [1.82, 2.24) is 10.2 Å². The fourth-order valence-electron chi connectivity index (χ4n) is 4.47. The molecule has 8 heteroatoms. The Morgan fingerprint density at radius 1 is 1.18 bits per heavy atom. The number of rotatable bonds is 1. The first kappa shape index (κ1) is 17.6. The van der Waals surface area contributed by atoms with Crippen LogP contribution >= 0.6 is 11.6 Å². The van der Waals surface area contributed by atoms with Gasteiger partial charge in [-0.1, -0.05) is 11.6 Å². The standard InChI is InChI=1S/C20H20ClN3O4/c21-13-3-4-15-14(10-13)17(25)23-20(22-15)11-19(28-12-20)5-7-24(8-6-19)18(26)16-2-1-9-27-16/h1-4,9-10,22H,5-8,11-12H2,(H,23,25). The van der Waals surface area contributed by atoms with Crippen molar-refractivity contribution < 1.29 is 18.7 Å². The van der Waals surface area contributed by atoms with E-state index in [0.717, 1.165) is 5.69 Å². The third kappa shape index (κ3) is 2.86. The van der Waals surface area contributed by atoms with Crippen LogP contribution in [0.5, 0.6) is 0 Å². The Balaban J connectivity index is 1.29. The molecule has 3 aliphatic heterocycles. The van der Waals surface area contributed by atoms with Crippen molar-refractivity contribution in [3.05, 3.63) is 52.9 Å². The van der Waals surface area contributed by atoms with Gasteiger partial charge >= 0.3 is 0 Å². The summed E-state index contributed by atoms with van der Waals surface area (Å²) in [7, 11) is 0. The zero-order valence-electron chi connectivity index (χ0n) is 15.2. The lowest BCUT2D eigenvalue weighted by molar-refractivity contribution is -0.0397. The second kappa shape index (κ2) is 6.25. The van der Waals surface area contributed by atoms with Crippen LogP contribution in [0.15, 0.2) is 41.0 Å². The summed E-state index contributed by atoms with van der Waals surface area (Å²) in [5.41, 5.74) is 0.312. The summed E-state index contributed by atoms with van der Waals surface area (Å²) in [5.74, 6) is 0.112. The van der Waals surface area contributed by atoms with Crippen molar-refractivity contribution in [2.75, 3.05) is 25.0 Å². The third-order valence-corrected chi connectivity index (χ3v) is 6.13. The number of fused-ring (bicyclic) bond motifs is 1. The number of hydrogen-bond donors (Lipinski definition) is 2. The third-order valence-electron chi connectivity index (χ3n) is 5.90. The first-order valence-corrected chi connectivity index (χ1v) is 9.73. The van der Waals surface area contributed by atoms with E-state index in [4.69, 9.17) is 20.8 Å². The van der Waals surface area contributed by atoms with Crippen LogP contribution in [0, 0.1) is 0 Å². The van der Waals surface area contributed by atoms with Crippen LogP contribution in [0.1, 0.15) is 40.2 Å². The molecule has 2 N–H and O–H groups in total. The van der Waals surface area contributed by atoms with Gasteiger partial charge in [-0.25, -0.2) is 0 Å². The van der Waals surface area contributed by atoms with E-state index in [-0.39, 0.29) is 17.4 Å². The SMILES string of the molecule is O=C1NC2(COC3(CCN(C(=O)c4ccco4)CC3)C2)Nc2ccc(Cl)cc21. The molecule has 2 amide bonds. The van der Waals surface area contributed by atoms with E-state index in [0.29, 0.717) is 55.3 Å². The zero-order chi connectivity index (χ0) is 19.4. The van der Waals surface area contributed by atoms with E-state index in [9.17, 15) is 9.59 Å². The lowest BCUT2D eigenvalue weighted by atomic mass is 9.84. The van der Waals surface area contributed by atoms with Gasteiger partial charge in [0.2, 0.25) is 0 Å². The smallest absolute Gasteiger partial charge is 0.289 e. The molecule has 3 aliphatic rings. The minimum atomic E-state index is -0.634. The monoisotopic (exact) mass is 401 g/mol. The average Bonchev–Trinajstić information content (AvgIpc) is 3.32. The minimum Gasteiger partial charge on any atom is -0.459 e. The Morgan fingerprint density at radius 3 is 2.75 bits per heavy atom. The molecule has 4 heterocycles. The topological polar surface area (TPSA) is 83.8 Å². The largest absolute Gasteiger partial charge is 0.459 e. The number of likely N-dealkylation sites (tertiary alicyclic amines) is 1. The maximum absolute atomic E-state index is 12.6. The Kier molecular flexibility index (Phi) is 3.93. The predicted octanol–water partition coefficient (Wildman–Crippen LogP) is 2.88. The molecule has 2 fully saturated rings. The number of ether oxygens (including phenoxy) is 1. The molecule has 28 heavy (non-hydrogen) atoms. The van der Waals surface area contributed by atoms with Gasteiger partial charge in [-0.05, 0) is 43.2 Å². The fourth-order valence-corrected chi connectivity index (χ4v) is 4.64. The van der Waals surface area contributed by atoms with E-state index < -0.39 is 5.66 Å². The van der Waals surface area contributed by atoms with Crippen molar-refractivity contribution in [3.8, 4) is 0 Å². The van der Waals surface area contributed by atoms with Crippen molar-refractivity contribution in [3.63, 3.8) is 0 Å². The number of carbonyl (C=O) groups is 2. The van der Waals surface area contributed by atoms with Crippen molar-refractivity contribution in [2.24, 2.45) is 0 Å². The highest BCUT2D eigenvalue weighted by molar-refractivity contribution is 6.31. The summed E-state index contributed by atoms with van der Waals surface area (Å²) in [5, 5.41) is 7.05. The molecule has 2 aromatic rings. The molecule has 0 aliphatic carbocycles. The molecule has 7 nitrogen and oxygen atoms in total. The maximum atomic E-state index is 12.6. The molecular weight excluding hydrogens is 382 g/mol. The molecule has 1 aromatic heterocycles. The van der Waals surface area contributed by atoms with Gasteiger partial charge in [-0.15, -0.1) is 0 Å². The van der Waals surface area contributed by atoms with Gasteiger partial charge in [0.25, 0.3) is 11.8 Å². The van der Waals surface area contributed by atoms with Gasteiger partial charge in [0, 0.05) is 30.2 Å². The Hall–Kier alpha value is -2.51. The fraction of sp³-hybridized carbons (Fsp3) is 0.400. The number of furan rings is 1. The number of amides is 2. The molecule has 0 saturated carbocycles. The second-order valence-electron chi connectivity index (χ2n) is 7.77. The highest BCUT2D eigenvalue weighted by Gasteiger charge is 2.53. The number of nitrogens with one attached hydrogen (secondary N) is 2. The summed E-state index contributed by atoms with van der Waals surface area (Å²) in [6.07, 6.45) is 3.58. The van der Waals surface area contributed by atoms with Gasteiger partial charge in [-0.2, -0.15) is 0 Å². The molecule has 146 valence electrons. The first-order valence-electron chi connectivity index (χ1n) is 9.35. The molecule has 1 atom stereocenters. The van der Waals surface area contributed by atoms with Crippen LogP contribution in [0.3, 0.4) is 0 Å². The number of benzene rings is 1. The Labute approximate surface area is 167 Å². The normalized spacial score (nSPS) is 25.5. The lowest BCUT2D eigenvalue weighted by Crippen LogP contribution is -2.59. The molecule has 2 saturated heterocycles. The zero-order valence-corrected chi connectivity index (χ0v) is 15.9. The molecule has 1 aromatic carbocycles. The quantitative estimate of drug-likeness (QED) is 0.767. The molecule has 1 unspecified atom stereocenters. The van der Waals surface area contributed by atoms with Crippen LogP contribution in [-0.4, -0.2) is 47.7 Å². The molecular formula is C20H20ClN3O4. The van der Waals surface area contributed by atoms with Gasteiger partial charge < -0.3 is 24.7 Å². The van der Waals surface area contributed by atoms with E-state index in [1.807, 2.05) is 6.07 Å². The summed E-state index contributed by atoms with van der Waals surface area (Å²) in [6.45, 7) is 1.57. The van der Waals surface area contributed by atoms with Crippen LogP contribution in [0.4, 0.5) is 5.69 Å². The number of hydrogen-bond acceptors (Lipinski definition) is 5. The molecule has 2 spiro atoms. The second-order valence-corrected chi connectivity index (χ2v) is 8.21. The van der Waals surface area contributed by atoms with Crippen LogP contribution in [0.2, 0.25) is 5.02 Å². The number of halogens is 1. The number of nitrogens with zero attached hydrogens (tertiary/aromatic N) is 1. The summed E-state index contributed by atoms with van der Waals surface area (Å²) in [6, 6.07) is 8.65. The van der Waals surface area contributed by atoms with Gasteiger partial charge in [0.15, 0.2) is 5.76 Å². The van der Waals surface area contributed by atoms with Crippen molar-refractivity contribution in [1.29, 1.82) is 0 Å².